The second kappa shape index (κ2) is 12.2. The summed E-state index contributed by atoms with van der Waals surface area (Å²) in [5.41, 5.74) is 2.31. The molecule has 1 aromatic rings. The lowest BCUT2D eigenvalue weighted by molar-refractivity contribution is 0.121. The Morgan fingerprint density at radius 1 is 1.17 bits per heavy atom. The third-order valence-corrected chi connectivity index (χ3v) is 2.14. The topological polar surface area (TPSA) is 21.3 Å². The van der Waals surface area contributed by atoms with Crippen LogP contribution in [0.3, 0.4) is 0 Å². The number of hydrogen-bond acceptors (Lipinski definition) is 2. The van der Waals surface area contributed by atoms with Crippen molar-refractivity contribution in [3.8, 4) is 0 Å². The summed E-state index contributed by atoms with van der Waals surface area (Å²) in [6, 6.07) is 10.2. The van der Waals surface area contributed by atoms with E-state index in [1.165, 1.54) is 12.0 Å². The van der Waals surface area contributed by atoms with Crippen molar-refractivity contribution in [2.24, 2.45) is 0 Å². The highest BCUT2D eigenvalue weighted by molar-refractivity contribution is 5.13. The molecule has 0 saturated heterocycles. The maximum absolute atomic E-state index is 5.37. The molecule has 1 rings (SSSR count). The average molecular weight is 249 g/mol. The minimum absolute atomic E-state index is 0.745. The molecule has 0 aliphatic rings. The van der Waals surface area contributed by atoms with E-state index in [4.69, 9.17) is 4.74 Å². The molecule has 0 atom stereocenters. The van der Waals surface area contributed by atoms with Gasteiger partial charge in [0.15, 0.2) is 0 Å². The third kappa shape index (κ3) is 11.2. The lowest BCUT2D eigenvalue weighted by Crippen LogP contribution is -2.09. The molecule has 0 heterocycles. The van der Waals surface area contributed by atoms with Crippen LogP contribution in [0.15, 0.2) is 42.6 Å². The summed E-state index contributed by atoms with van der Waals surface area (Å²) < 4.78 is 5.37. The normalized spacial score (nSPS) is 9.28. The van der Waals surface area contributed by atoms with Crippen LogP contribution in [0, 0.1) is 0 Å². The van der Waals surface area contributed by atoms with Crippen molar-refractivity contribution in [3.05, 3.63) is 48.2 Å². The van der Waals surface area contributed by atoms with Crippen molar-refractivity contribution in [2.75, 3.05) is 13.2 Å². The molecule has 0 bridgehead atoms. The van der Waals surface area contributed by atoms with Gasteiger partial charge in [-0.15, -0.1) is 0 Å². The van der Waals surface area contributed by atoms with Crippen LogP contribution in [-0.4, -0.2) is 13.2 Å². The van der Waals surface area contributed by atoms with Crippen molar-refractivity contribution in [2.45, 2.75) is 40.2 Å². The summed E-state index contributed by atoms with van der Waals surface area (Å²) >= 11 is 0. The molecule has 18 heavy (non-hydrogen) atoms. The van der Waals surface area contributed by atoms with Crippen LogP contribution in [0.2, 0.25) is 0 Å². The second-order valence-corrected chi connectivity index (χ2v) is 4.25. The van der Waals surface area contributed by atoms with Crippen LogP contribution in [0.4, 0.5) is 0 Å². The van der Waals surface area contributed by atoms with Gasteiger partial charge in [0.1, 0.15) is 0 Å². The predicted molar refractivity (Wildman–Crippen MR) is 79.5 cm³/mol. The Labute approximate surface area is 112 Å². The second-order valence-electron chi connectivity index (χ2n) is 4.25. The molecule has 0 saturated carbocycles. The van der Waals surface area contributed by atoms with Crippen LogP contribution in [-0.2, 0) is 11.3 Å². The van der Waals surface area contributed by atoms with E-state index in [9.17, 15) is 0 Å². The van der Waals surface area contributed by atoms with E-state index in [0.717, 1.165) is 31.9 Å². The zero-order valence-electron chi connectivity index (χ0n) is 12.0. The Morgan fingerprint density at radius 3 is 2.28 bits per heavy atom. The van der Waals surface area contributed by atoms with Crippen LogP contribution >= 0.6 is 0 Å². The van der Waals surface area contributed by atoms with Gasteiger partial charge in [0.25, 0.3) is 0 Å². The van der Waals surface area contributed by atoms with Gasteiger partial charge in [-0.2, -0.15) is 0 Å². The van der Waals surface area contributed by atoms with Gasteiger partial charge in [-0.1, -0.05) is 50.8 Å². The van der Waals surface area contributed by atoms with E-state index in [0.29, 0.717) is 0 Å². The molecule has 0 aromatic heterocycles. The summed E-state index contributed by atoms with van der Waals surface area (Å²) in [5.74, 6) is 0. The Morgan fingerprint density at radius 2 is 1.83 bits per heavy atom. The quantitative estimate of drug-likeness (QED) is 0.734. The number of rotatable bonds is 7. The Kier molecular flexibility index (Phi) is 11.3. The van der Waals surface area contributed by atoms with Gasteiger partial charge < -0.3 is 10.1 Å². The summed E-state index contributed by atoms with van der Waals surface area (Å²) in [5, 5.41) is 3.10. The fraction of sp³-hybridized carbons (Fsp3) is 0.500. The van der Waals surface area contributed by atoms with Crippen LogP contribution < -0.4 is 5.32 Å². The van der Waals surface area contributed by atoms with Crippen molar-refractivity contribution < 1.29 is 4.74 Å². The minimum atomic E-state index is 0.745. The van der Waals surface area contributed by atoms with Gasteiger partial charge in [-0.25, -0.2) is 0 Å². The molecule has 102 valence electrons. The number of nitrogens with one attached hydrogen (secondary N) is 1. The molecule has 0 aliphatic carbocycles. The Balaban J connectivity index is 0.000000360. The standard InChI is InChI=1S/C10H14O.C6H13N/c1-2-8-11-9-10-6-4-3-5-7-10;1-4-5-7-6(2)3/h3-7H,2,8-9H2,1H3;7H,2,4-5H2,1,3H3. The lowest BCUT2D eigenvalue weighted by Gasteiger charge is -2.00. The molecular weight excluding hydrogens is 222 g/mol. The SMILES string of the molecule is C=C(C)NCCC.CCCOCc1ccccc1. The molecule has 0 unspecified atom stereocenters. The van der Waals surface area contributed by atoms with Crippen molar-refractivity contribution in [3.63, 3.8) is 0 Å². The maximum atomic E-state index is 5.37. The van der Waals surface area contributed by atoms with Gasteiger partial charge >= 0.3 is 0 Å². The molecule has 0 spiro atoms. The summed E-state index contributed by atoms with van der Waals surface area (Å²) in [6.45, 7) is 12.6. The van der Waals surface area contributed by atoms with E-state index in [1.54, 1.807) is 0 Å². The van der Waals surface area contributed by atoms with Gasteiger partial charge in [-0.3, -0.25) is 0 Å². The number of allylic oxidation sites excluding steroid dienone is 1. The fourth-order valence-electron chi connectivity index (χ4n) is 1.25. The molecule has 0 aliphatic heterocycles. The third-order valence-electron chi connectivity index (χ3n) is 2.14. The number of benzene rings is 1. The van der Waals surface area contributed by atoms with Crippen molar-refractivity contribution >= 4 is 0 Å². The first kappa shape index (κ1) is 16.7. The monoisotopic (exact) mass is 249 g/mol. The summed E-state index contributed by atoms with van der Waals surface area (Å²) in [7, 11) is 0. The zero-order chi connectivity index (χ0) is 13.6. The van der Waals surface area contributed by atoms with Crippen LogP contribution in [0.1, 0.15) is 39.2 Å². The maximum Gasteiger partial charge on any atom is 0.0716 e. The van der Waals surface area contributed by atoms with Crippen molar-refractivity contribution in [1.82, 2.24) is 5.32 Å². The lowest BCUT2D eigenvalue weighted by atomic mass is 10.2. The van der Waals surface area contributed by atoms with E-state index >= 15 is 0 Å². The zero-order valence-corrected chi connectivity index (χ0v) is 12.0. The van der Waals surface area contributed by atoms with Gasteiger partial charge in [0, 0.05) is 18.8 Å². The predicted octanol–water partition coefficient (Wildman–Crippen LogP) is 4.13. The molecule has 1 N–H and O–H groups in total. The molecule has 1 aromatic carbocycles. The van der Waals surface area contributed by atoms with Crippen LogP contribution in [0.25, 0.3) is 0 Å². The fourth-order valence-corrected chi connectivity index (χ4v) is 1.25. The van der Waals surface area contributed by atoms with Gasteiger partial charge in [-0.05, 0) is 25.3 Å². The average Bonchev–Trinajstić information content (AvgIpc) is 2.39. The highest BCUT2D eigenvalue weighted by Crippen LogP contribution is 2.00. The van der Waals surface area contributed by atoms with Crippen molar-refractivity contribution in [1.29, 1.82) is 0 Å². The molecular formula is C16H27NO. The summed E-state index contributed by atoms with van der Waals surface area (Å²) in [6.07, 6.45) is 2.26. The summed E-state index contributed by atoms with van der Waals surface area (Å²) in [4.78, 5) is 0. The first-order chi connectivity index (χ1) is 8.70. The van der Waals surface area contributed by atoms with Gasteiger partial charge in [0.2, 0.25) is 0 Å². The molecule has 0 fully saturated rings. The Hall–Kier alpha value is -1.28. The first-order valence-electron chi connectivity index (χ1n) is 6.71. The Bertz CT molecular complexity index is 295. The van der Waals surface area contributed by atoms with E-state index in [2.05, 4.69) is 37.9 Å². The van der Waals surface area contributed by atoms with Crippen LogP contribution in [0.5, 0.6) is 0 Å². The largest absolute Gasteiger partial charge is 0.389 e. The van der Waals surface area contributed by atoms with E-state index in [-0.39, 0.29) is 0 Å². The number of hydrogen-bond donors (Lipinski definition) is 1. The number of ether oxygens (including phenoxy) is 1. The highest BCUT2D eigenvalue weighted by atomic mass is 16.5. The molecule has 0 amide bonds. The van der Waals surface area contributed by atoms with E-state index < -0.39 is 0 Å². The highest BCUT2D eigenvalue weighted by Gasteiger charge is 1.88. The van der Waals surface area contributed by atoms with E-state index in [1.807, 2.05) is 25.1 Å². The molecule has 0 radical (unpaired) electrons. The first-order valence-corrected chi connectivity index (χ1v) is 6.71. The minimum Gasteiger partial charge on any atom is -0.389 e. The smallest absolute Gasteiger partial charge is 0.0716 e. The van der Waals surface area contributed by atoms with Gasteiger partial charge in [0.05, 0.1) is 6.61 Å². The molecule has 2 heteroatoms. The molecule has 2 nitrogen and oxygen atoms in total.